The lowest BCUT2D eigenvalue weighted by Crippen LogP contribution is -2.28. The molecule has 6 nitrogen and oxygen atoms in total. The van der Waals surface area contributed by atoms with Crippen LogP contribution in [0.3, 0.4) is 0 Å². The molecule has 0 aliphatic heterocycles. The highest BCUT2D eigenvalue weighted by Crippen LogP contribution is 2.14. The molecule has 19 heavy (non-hydrogen) atoms. The maximum absolute atomic E-state index is 12.0. The lowest BCUT2D eigenvalue weighted by atomic mass is 10.3. The molecular weight excluding hydrogens is 262 g/mol. The lowest BCUT2D eigenvalue weighted by Gasteiger charge is -2.03. The van der Waals surface area contributed by atoms with Crippen molar-refractivity contribution in [1.29, 1.82) is 0 Å². The largest absolute Gasteiger partial charge is 0.399 e. The maximum Gasteiger partial charge on any atom is 0.344 e. The molecule has 3 N–H and O–H groups in total. The van der Waals surface area contributed by atoms with Crippen LogP contribution >= 0.6 is 11.3 Å². The van der Waals surface area contributed by atoms with Crippen molar-refractivity contribution in [3.05, 3.63) is 40.6 Å². The molecule has 0 fully saturated rings. The third-order valence-corrected chi connectivity index (χ3v) is 3.53. The number of aromatic nitrogens is 3. The molecule has 0 saturated heterocycles. The van der Waals surface area contributed by atoms with Crippen LogP contribution in [0.25, 0.3) is 11.0 Å². The van der Waals surface area contributed by atoms with E-state index in [0.717, 1.165) is 4.88 Å². The van der Waals surface area contributed by atoms with Gasteiger partial charge in [0, 0.05) is 10.6 Å². The van der Waals surface area contributed by atoms with Gasteiger partial charge in [0.25, 0.3) is 0 Å². The van der Waals surface area contributed by atoms with Crippen LogP contribution in [0.5, 0.6) is 0 Å². The molecule has 0 saturated carbocycles. The van der Waals surface area contributed by atoms with Gasteiger partial charge in [0.2, 0.25) is 0 Å². The van der Waals surface area contributed by atoms with Gasteiger partial charge in [-0.3, -0.25) is 0 Å². The lowest BCUT2D eigenvalue weighted by molar-refractivity contribution is 0.239. The van der Waals surface area contributed by atoms with Crippen LogP contribution in [-0.4, -0.2) is 21.0 Å². The number of amides is 1. The monoisotopic (exact) mass is 273 g/mol. The molecule has 0 bridgehead atoms. The molecule has 2 aromatic heterocycles. The standard InChI is InChI=1S/C12H11N5OS/c13-8-3-4-11-10(6-8)15-16-17(11)12(18)14-7-9-2-1-5-19-9/h1-6H,7,13H2,(H,14,18). The van der Waals surface area contributed by atoms with E-state index in [1.54, 1.807) is 29.5 Å². The molecule has 0 aliphatic carbocycles. The number of fused-ring (bicyclic) bond motifs is 1. The Hall–Kier alpha value is -2.41. The Morgan fingerprint density at radius 2 is 2.32 bits per heavy atom. The van der Waals surface area contributed by atoms with E-state index in [-0.39, 0.29) is 6.03 Å². The average Bonchev–Trinajstić information content (AvgIpc) is 3.04. The van der Waals surface area contributed by atoms with Gasteiger partial charge in [-0.2, -0.15) is 4.68 Å². The van der Waals surface area contributed by atoms with Gasteiger partial charge >= 0.3 is 6.03 Å². The van der Waals surface area contributed by atoms with Gasteiger partial charge in [0.1, 0.15) is 5.52 Å². The predicted octanol–water partition coefficient (Wildman–Crippen LogP) is 1.83. The molecule has 0 atom stereocenters. The van der Waals surface area contributed by atoms with E-state index in [9.17, 15) is 4.79 Å². The molecule has 2 heterocycles. The normalized spacial score (nSPS) is 10.7. The zero-order chi connectivity index (χ0) is 13.2. The molecule has 96 valence electrons. The number of nitrogens with two attached hydrogens (primary N) is 1. The fourth-order valence-corrected chi connectivity index (χ4v) is 2.39. The Kier molecular flexibility index (Phi) is 2.88. The number of rotatable bonds is 2. The maximum atomic E-state index is 12.0. The quantitative estimate of drug-likeness (QED) is 0.697. The number of hydrogen-bond donors (Lipinski definition) is 2. The van der Waals surface area contributed by atoms with Crippen LogP contribution in [0, 0.1) is 0 Å². The van der Waals surface area contributed by atoms with E-state index in [4.69, 9.17) is 5.73 Å². The topological polar surface area (TPSA) is 85.8 Å². The predicted molar refractivity (Wildman–Crippen MR) is 73.9 cm³/mol. The van der Waals surface area contributed by atoms with Crippen molar-refractivity contribution in [2.24, 2.45) is 0 Å². The Labute approximate surface area is 112 Å². The first-order chi connectivity index (χ1) is 9.24. The van der Waals surface area contributed by atoms with E-state index in [0.29, 0.717) is 23.3 Å². The fraction of sp³-hybridized carbons (Fsp3) is 0.0833. The van der Waals surface area contributed by atoms with Gasteiger partial charge in [0.15, 0.2) is 0 Å². The number of carbonyl (C=O) groups excluding carboxylic acids is 1. The molecule has 1 amide bonds. The SMILES string of the molecule is Nc1ccc2c(c1)nnn2C(=O)NCc1cccs1. The molecule has 0 aliphatic rings. The number of anilines is 1. The number of nitrogen functional groups attached to an aromatic ring is 1. The number of carbonyl (C=O) groups is 1. The van der Waals surface area contributed by atoms with Gasteiger partial charge in [-0.15, -0.1) is 16.4 Å². The highest BCUT2D eigenvalue weighted by molar-refractivity contribution is 7.09. The van der Waals surface area contributed by atoms with Crippen molar-refractivity contribution < 1.29 is 4.79 Å². The highest BCUT2D eigenvalue weighted by Gasteiger charge is 2.11. The molecular formula is C12H11N5OS. The third-order valence-electron chi connectivity index (χ3n) is 2.66. The second kappa shape index (κ2) is 4.69. The van der Waals surface area contributed by atoms with Crippen LogP contribution in [0.15, 0.2) is 35.7 Å². The summed E-state index contributed by atoms with van der Waals surface area (Å²) >= 11 is 1.59. The summed E-state index contributed by atoms with van der Waals surface area (Å²) in [5.41, 5.74) is 7.49. The summed E-state index contributed by atoms with van der Waals surface area (Å²) in [6.07, 6.45) is 0. The highest BCUT2D eigenvalue weighted by atomic mass is 32.1. The summed E-state index contributed by atoms with van der Waals surface area (Å²) in [6, 6.07) is 8.74. The zero-order valence-electron chi connectivity index (χ0n) is 9.91. The number of nitrogens with one attached hydrogen (secondary N) is 1. The van der Waals surface area contributed by atoms with Crippen molar-refractivity contribution in [2.75, 3.05) is 5.73 Å². The third kappa shape index (κ3) is 2.27. The van der Waals surface area contributed by atoms with Crippen molar-refractivity contribution >= 4 is 34.1 Å². The van der Waals surface area contributed by atoms with Crippen LogP contribution in [0.4, 0.5) is 10.5 Å². The van der Waals surface area contributed by atoms with Crippen LogP contribution in [0.1, 0.15) is 4.88 Å². The van der Waals surface area contributed by atoms with Gasteiger partial charge < -0.3 is 11.1 Å². The van der Waals surface area contributed by atoms with E-state index >= 15 is 0 Å². The minimum absolute atomic E-state index is 0.305. The molecule has 1 aromatic carbocycles. The first-order valence-electron chi connectivity index (χ1n) is 5.65. The van der Waals surface area contributed by atoms with Gasteiger partial charge in [-0.1, -0.05) is 11.3 Å². The van der Waals surface area contributed by atoms with E-state index in [1.807, 2.05) is 17.5 Å². The molecule has 3 rings (SSSR count). The smallest absolute Gasteiger partial charge is 0.344 e. The van der Waals surface area contributed by atoms with Crippen molar-refractivity contribution in [3.8, 4) is 0 Å². The van der Waals surface area contributed by atoms with E-state index in [1.165, 1.54) is 4.68 Å². The fourth-order valence-electron chi connectivity index (χ4n) is 1.74. The number of nitrogens with zero attached hydrogens (tertiary/aromatic N) is 3. The Morgan fingerprint density at radius 1 is 1.42 bits per heavy atom. The Bertz CT molecular complexity index is 719. The van der Waals surface area contributed by atoms with Gasteiger partial charge in [0.05, 0.1) is 12.1 Å². The second-order valence-electron chi connectivity index (χ2n) is 3.99. The molecule has 0 unspecified atom stereocenters. The summed E-state index contributed by atoms with van der Waals surface area (Å²) in [6.45, 7) is 0.479. The molecule has 0 radical (unpaired) electrons. The second-order valence-corrected chi connectivity index (χ2v) is 5.02. The first-order valence-corrected chi connectivity index (χ1v) is 6.53. The van der Waals surface area contributed by atoms with Crippen molar-refractivity contribution in [2.45, 2.75) is 6.54 Å². The summed E-state index contributed by atoms with van der Waals surface area (Å²) in [5, 5.41) is 12.5. The number of thiophene rings is 1. The number of hydrogen-bond acceptors (Lipinski definition) is 5. The van der Waals surface area contributed by atoms with Crippen molar-refractivity contribution in [1.82, 2.24) is 20.3 Å². The van der Waals surface area contributed by atoms with Crippen LogP contribution < -0.4 is 11.1 Å². The Balaban J connectivity index is 1.81. The van der Waals surface area contributed by atoms with Gasteiger partial charge in [-0.05, 0) is 29.6 Å². The van der Waals surface area contributed by atoms with E-state index in [2.05, 4.69) is 15.6 Å². The average molecular weight is 273 g/mol. The summed E-state index contributed by atoms with van der Waals surface area (Å²) in [5.74, 6) is 0. The van der Waals surface area contributed by atoms with Crippen LogP contribution in [-0.2, 0) is 6.54 Å². The summed E-state index contributed by atoms with van der Waals surface area (Å²) < 4.78 is 1.24. The first kappa shape index (κ1) is 11.7. The molecule has 0 spiro atoms. The van der Waals surface area contributed by atoms with Crippen molar-refractivity contribution in [3.63, 3.8) is 0 Å². The minimum Gasteiger partial charge on any atom is -0.399 e. The number of benzene rings is 1. The Morgan fingerprint density at radius 3 is 3.11 bits per heavy atom. The summed E-state index contributed by atoms with van der Waals surface area (Å²) in [4.78, 5) is 13.1. The van der Waals surface area contributed by atoms with Gasteiger partial charge in [-0.25, -0.2) is 4.79 Å². The zero-order valence-corrected chi connectivity index (χ0v) is 10.7. The minimum atomic E-state index is -0.305. The van der Waals surface area contributed by atoms with Crippen LogP contribution in [0.2, 0.25) is 0 Å². The summed E-state index contributed by atoms with van der Waals surface area (Å²) in [7, 11) is 0. The van der Waals surface area contributed by atoms with E-state index < -0.39 is 0 Å². The molecule has 7 heteroatoms. The molecule has 3 aromatic rings.